The first-order valence-electron chi connectivity index (χ1n) is 6.27. The number of esters is 1. The highest BCUT2D eigenvalue weighted by Gasteiger charge is 2.08. The lowest BCUT2D eigenvalue weighted by atomic mass is 10.2. The number of hydrogen-bond acceptors (Lipinski definition) is 3. The first-order valence-corrected chi connectivity index (χ1v) is 6.27. The van der Waals surface area contributed by atoms with Gasteiger partial charge in [-0.05, 0) is 18.6 Å². The average molecular weight is 261 g/mol. The third kappa shape index (κ3) is 5.86. The van der Waals surface area contributed by atoms with Crippen LogP contribution in [0.15, 0.2) is 36.4 Å². The predicted octanol–water partition coefficient (Wildman–Crippen LogP) is 2.11. The number of ether oxygens (including phenoxy) is 1. The van der Waals surface area contributed by atoms with Gasteiger partial charge in [0.15, 0.2) is 0 Å². The van der Waals surface area contributed by atoms with Crippen LogP contribution in [0, 0.1) is 0 Å². The summed E-state index contributed by atoms with van der Waals surface area (Å²) in [6.07, 6.45) is 3.47. The molecule has 0 radical (unpaired) electrons. The molecule has 0 saturated heterocycles. The van der Waals surface area contributed by atoms with Crippen molar-refractivity contribution in [1.82, 2.24) is 4.90 Å². The third-order valence-corrected chi connectivity index (χ3v) is 2.55. The Morgan fingerprint density at radius 2 is 1.95 bits per heavy atom. The molecule has 4 heteroatoms. The smallest absolute Gasteiger partial charge is 0.307 e. The minimum absolute atomic E-state index is 0.131. The minimum Gasteiger partial charge on any atom is -0.466 e. The van der Waals surface area contributed by atoms with Crippen LogP contribution in [0.3, 0.4) is 0 Å². The quantitative estimate of drug-likeness (QED) is 0.582. The molecule has 1 aromatic carbocycles. The van der Waals surface area contributed by atoms with Gasteiger partial charge in [-0.2, -0.15) is 0 Å². The maximum absolute atomic E-state index is 11.8. The highest BCUT2D eigenvalue weighted by atomic mass is 16.5. The van der Waals surface area contributed by atoms with Crippen LogP contribution in [-0.4, -0.2) is 37.0 Å². The van der Waals surface area contributed by atoms with E-state index in [0.29, 0.717) is 13.2 Å². The van der Waals surface area contributed by atoms with Gasteiger partial charge >= 0.3 is 5.97 Å². The second-order valence-electron chi connectivity index (χ2n) is 4.06. The van der Waals surface area contributed by atoms with Gasteiger partial charge in [0.25, 0.3) is 0 Å². The molecule has 0 aromatic heterocycles. The Morgan fingerprint density at radius 3 is 2.58 bits per heavy atom. The molecule has 19 heavy (non-hydrogen) atoms. The molecule has 1 amide bonds. The van der Waals surface area contributed by atoms with Gasteiger partial charge in [-0.15, -0.1) is 0 Å². The fourth-order valence-electron chi connectivity index (χ4n) is 1.46. The molecule has 0 heterocycles. The molecular weight excluding hydrogens is 242 g/mol. The Balaban J connectivity index is 2.40. The summed E-state index contributed by atoms with van der Waals surface area (Å²) in [4.78, 5) is 24.4. The van der Waals surface area contributed by atoms with Gasteiger partial charge in [-0.3, -0.25) is 9.59 Å². The maximum atomic E-state index is 11.8. The second-order valence-corrected chi connectivity index (χ2v) is 4.06. The highest BCUT2D eigenvalue weighted by molar-refractivity contribution is 5.91. The molecule has 0 aliphatic rings. The number of hydrogen-bond donors (Lipinski definition) is 0. The van der Waals surface area contributed by atoms with Gasteiger partial charge in [0.1, 0.15) is 0 Å². The Kier molecular flexibility index (Phi) is 6.36. The van der Waals surface area contributed by atoms with Crippen molar-refractivity contribution in [3.8, 4) is 0 Å². The van der Waals surface area contributed by atoms with Gasteiger partial charge < -0.3 is 9.64 Å². The molecule has 4 nitrogen and oxygen atoms in total. The number of amides is 1. The van der Waals surface area contributed by atoms with E-state index in [1.54, 1.807) is 20.0 Å². The van der Waals surface area contributed by atoms with Crippen molar-refractivity contribution in [1.29, 1.82) is 0 Å². The van der Waals surface area contributed by atoms with E-state index in [4.69, 9.17) is 4.74 Å². The predicted molar refractivity (Wildman–Crippen MR) is 74.4 cm³/mol. The molecule has 0 fully saturated rings. The Bertz CT molecular complexity index is 440. The molecule has 0 aliphatic carbocycles. The standard InChI is InChI=1S/C15H19NO3/c1-3-19-15(18)11-12-16(2)14(17)10-9-13-7-5-4-6-8-13/h4-10H,3,11-12H2,1-2H3/b10-9+. The zero-order valence-electron chi connectivity index (χ0n) is 11.3. The minimum atomic E-state index is -0.283. The van der Waals surface area contributed by atoms with Crippen LogP contribution in [0.4, 0.5) is 0 Å². The largest absolute Gasteiger partial charge is 0.466 e. The summed E-state index contributed by atoms with van der Waals surface area (Å²) in [7, 11) is 1.66. The monoisotopic (exact) mass is 261 g/mol. The van der Waals surface area contributed by atoms with Crippen LogP contribution in [-0.2, 0) is 14.3 Å². The summed E-state index contributed by atoms with van der Waals surface area (Å²) >= 11 is 0. The summed E-state index contributed by atoms with van der Waals surface area (Å²) in [5.41, 5.74) is 0.967. The second kappa shape index (κ2) is 8.08. The fraction of sp³-hybridized carbons (Fsp3) is 0.333. The first-order chi connectivity index (χ1) is 9.13. The van der Waals surface area contributed by atoms with Crippen molar-refractivity contribution in [2.24, 2.45) is 0 Å². The van der Waals surface area contributed by atoms with Gasteiger partial charge in [-0.1, -0.05) is 30.3 Å². The van der Waals surface area contributed by atoms with Crippen molar-refractivity contribution in [3.63, 3.8) is 0 Å². The molecule has 1 aromatic rings. The molecule has 0 aliphatic heterocycles. The van der Waals surface area contributed by atoms with Crippen molar-refractivity contribution in [3.05, 3.63) is 42.0 Å². The molecule has 0 bridgehead atoms. The van der Waals surface area contributed by atoms with Crippen molar-refractivity contribution in [2.75, 3.05) is 20.2 Å². The molecule has 102 valence electrons. The van der Waals surface area contributed by atoms with E-state index >= 15 is 0 Å². The van der Waals surface area contributed by atoms with Gasteiger partial charge in [0.05, 0.1) is 13.0 Å². The molecule has 0 spiro atoms. The van der Waals surface area contributed by atoms with Gasteiger partial charge in [0, 0.05) is 19.7 Å². The molecule has 0 N–H and O–H groups in total. The van der Waals surface area contributed by atoms with E-state index in [-0.39, 0.29) is 18.3 Å². The van der Waals surface area contributed by atoms with Crippen LogP contribution >= 0.6 is 0 Å². The van der Waals surface area contributed by atoms with E-state index in [0.717, 1.165) is 5.56 Å². The number of rotatable bonds is 6. The summed E-state index contributed by atoms with van der Waals surface area (Å²) in [5.74, 6) is -0.414. The van der Waals surface area contributed by atoms with E-state index in [1.807, 2.05) is 30.3 Å². The van der Waals surface area contributed by atoms with Crippen LogP contribution in [0.25, 0.3) is 6.08 Å². The molecule has 1 rings (SSSR count). The lowest BCUT2D eigenvalue weighted by molar-refractivity contribution is -0.143. The van der Waals surface area contributed by atoms with Crippen molar-refractivity contribution >= 4 is 18.0 Å². The molecule has 0 saturated carbocycles. The normalized spacial score (nSPS) is 10.4. The number of benzene rings is 1. The zero-order valence-corrected chi connectivity index (χ0v) is 11.3. The average Bonchev–Trinajstić information content (AvgIpc) is 2.43. The van der Waals surface area contributed by atoms with Gasteiger partial charge in [0.2, 0.25) is 5.91 Å². The maximum Gasteiger partial charge on any atom is 0.307 e. The topological polar surface area (TPSA) is 46.6 Å². The molecule has 0 unspecified atom stereocenters. The Morgan fingerprint density at radius 1 is 1.26 bits per heavy atom. The first kappa shape index (κ1) is 15.0. The van der Waals surface area contributed by atoms with Crippen LogP contribution in [0.1, 0.15) is 18.9 Å². The summed E-state index contributed by atoms with van der Waals surface area (Å²) in [5, 5.41) is 0. The van der Waals surface area contributed by atoms with E-state index in [9.17, 15) is 9.59 Å². The molecular formula is C15H19NO3. The van der Waals surface area contributed by atoms with Crippen molar-refractivity contribution in [2.45, 2.75) is 13.3 Å². The third-order valence-electron chi connectivity index (χ3n) is 2.55. The van der Waals surface area contributed by atoms with Crippen molar-refractivity contribution < 1.29 is 14.3 Å². The Hall–Kier alpha value is -2.10. The van der Waals surface area contributed by atoms with Crippen LogP contribution in [0.2, 0.25) is 0 Å². The SMILES string of the molecule is CCOC(=O)CCN(C)C(=O)/C=C/c1ccccc1. The highest BCUT2D eigenvalue weighted by Crippen LogP contribution is 2.02. The number of nitrogens with zero attached hydrogens (tertiary/aromatic N) is 1. The number of carbonyl (C=O) groups is 2. The lowest BCUT2D eigenvalue weighted by Gasteiger charge is -2.14. The summed E-state index contributed by atoms with van der Waals surface area (Å²) in [6, 6.07) is 9.58. The fourth-order valence-corrected chi connectivity index (χ4v) is 1.46. The zero-order chi connectivity index (χ0) is 14.1. The lowest BCUT2D eigenvalue weighted by Crippen LogP contribution is -2.27. The van der Waals surface area contributed by atoms with E-state index in [1.165, 1.54) is 11.0 Å². The number of carbonyl (C=O) groups excluding carboxylic acids is 2. The van der Waals surface area contributed by atoms with Crippen LogP contribution in [0.5, 0.6) is 0 Å². The summed E-state index contributed by atoms with van der Waals surface area (Å²) in [6.45, 7) is 2.48. The number of likely N-dealkylation sites (N-methyl/N-ethyl adjacent to an activating group) is 1. The molecule has 0 atom stereocenters. The Labute approximate surface area is 113 Å². The van der Waals surface area contributed by atoms with Gasteiger partial charge in [-0.25, -0.2) is 0 Å². The summed E-state index contributed by atoms with van der Waals surface area (Å²) < 4.78 is 4.81. The van der Waals surface area contributed by atoms with Crippen LogP contribution < -0.4 is 0 Å². The van der Waals surface area contributed by atoms with E-state index < -0.39 is 0 Å². The van der Waals surface area contributed by atoms with E-state index in [2.05, 4.69) is 0 Å².